The summed E-state index contributed by atoms with van der Waals surface area (Å²) in [6, 6.07) is 3.26. The van der Waals surface area contributed by atoms with Crippen molar-refractivity contribution in [2.75, 3.05) is 25.1 Å². The number of carbonyl (C=O) groups excluding carboxylic acids is 1. The molecule has 1 heterocycles. The van der Waals surface area contributed by atoms with Crippen molar-refractivity contribution < 1.29 is 19.4 Å². The van der Waals surface area contributed by atoms with Gasteiger partial charge in [-0.3, -0.25) is 14.6 Å². The van der Waals surface area contributed by atoms with Gasteiger partial charge in [-0.05, 0) is 12.1 Å². The number of ether oxygens (including phenoxy) is 1. The van der Waals surface area contributed by atoms with E-state index in [1.54, 1.807) is 12.1 Å². The maximum atomic E-state index is 11.1. The fraction of sp³-hybridized carbons (Fsp3) is 0.300. The Kier molecular flexibility index (Phi) is 4.26. The van der Waals surface area contributed by atoms with Crippen LogP contribution in [-0.4, -0.2) is 42.2 Å². The van der Waals surface area contributed by atoms with Gasteiger partial charge in [-0.15, -0.1) is 0 Å². The van der Waals surface area contributed by atoms with Gasteiger partial charge in [-0.1, -0.05) is 0 Å². The molecule has 1 N–H and O–H groups in total. The van der Waals surface area contributed by atoms with Gasteiger partial charge in [0.15, 0.2) is 0 Å². The van der Waals surface area contributed by atoms with E-state index in [4.69, 9.17) is 5.11 Å². The Labute approximate surface area is 92.5 Å². The van der Waals surface area contributed by atoms with Crippen LogP contribution in [0.1, 0.15) is 0 Å². The summed E-state index contributed by atoms with van der Waals surface area (Å²) in [5.74, 6) is -1.50. The van der Waals surface area contributed by atoms with Crippen LogP contribution in [0.15, 0.2) is 24.5 Å². The molecule has 0 radical (unpaired) electrons. The first-order valence-electron chi connectivity index (χ1n) is 4.57. The highest BCUT2D eigenvalue weighted by Crippen LogP contribution is 2.11. The molecule has 0 saturated carbocycles. The molecule has 6 nitrogen and oxygen atoms in total. The van der Waals surface area contributed by atoms with Crippen LogP contribution in [-0.2, 0) is 14.3 Å². The SMILES string of the molecule is COC(=O)CN(CC(=O)O)c1ccncc1. The smallest absolute Gasteiger partial charge is 0.325 e. The van der Waals surface area contributed by atoms with Gasteiger partial charge in [0.1, 0.15) is 13.1 Å². The van der Waals surface area contributed by atoms with Gasteiger partial charge in [-0.2, -0.15) is 0 Å². The van der Waals surface area contributed by atoms with Crippen LogP contribution < -0.4 is 4.90 Å². The maximum absolute atomic E-state index is 11.1. The molecule has 6 heteroatoms. The van der Waals surface area contributed by atoms with Crippen molar-refractivity contribution in [2.24, 2.45) is 0 Å². The standard InChI is InChI=1S/C10H12N2O4/c1-16-10(15)7-12(6-9(13)14)8-2-4-11-5-3-8/h2-5H,6-7H2,1H3,(H,13,14). The highest BCUT2D eigenvalue weighted by Gasteiger charge is 2.14. The summed E-state index contributed by atoms with van der Waals surface area (Å²) in [4.78, 5) is 27.0. The Morgan fingerprint density at radius 3 is 2.50 bits per heavy atom. The molecule has 86 valence electrons. The molecule has 0 aliphatic carbocycles. The first-order valence-corrected chi connectivity index (χ1v) is 4.57. The predicted molar refractivity (Wildman–Crippen MR) is 56.1 cm³/mol. The van der Waals surface area contributed by atoms with Gasteiger partial charge in [0.2, 0.25) is 0 Å². The number of carboxylic acids is 1. The van der Waals surface area contributed by atoms with Crippen LogP contribution in [0.4, 0.5) is 5.69 Å². The van der Waals surface area contributed by atoms with Crippen molar-refractivity contribution in [1.29, 1.82) is 0 Å². The highest BCUT2D eigenvalue weighted by molar-refractivity contribution is 5.80. The number of anilines is 1. The molecule has 0 aliphatic rings. The normalized spacial score (nSPS) is 9.56. The van der Waals surface area contributed by atoms with E-state index in [0.717, 1.165) is 0 Å². The summed E-state index contributed by atoms with van der Waals surface area (Å²) in [5, 5.41) is 8.72. The minimum atomic E-state index is -1.01. The van der Waals surface area contributed by atoms with Gasteiger partial charge in [0, 0.05) is 18.1 Å². The zero-order valence-electron chi connectivity index (χ0n) is 8.79. The molecular formula is C10H12N2O4. The van der Waals surface area contributed by atoms with Crippen LogP contribution in [0.25, 0.3) is 0 Å². The second-order valence-corrected chi connectivity index (χ2v) is 3.03. The summed E-state index contributed by atoms with van der Waals surface area (Å²) in [7, 11) is 1.26. The number of rotatable bonds is 5. The molecule has 0 fully saturated rings. The third-order valence-corrected chi connectivity index (χ3v) is 1.90. The summed E-state index contributed by atoms with van der Waals surface area (Å²) < 4.78 is 4.49. The summed E-state index contributed by atoms with van der Waals surface area (Å²) in [5.41, 5.74) is 0.614. The van der Waals surface area contributed by atoms with Gasteiger partial charge >= 0.3 is 11.9 Å². The van der Waals surface area contributed by atoms with Crippen molar-refractivity contribution in [3.05, 3.63) is 24.5 Å². The lowest BCUT2D eigenvalue weighted by atomic mass is 10.3. The van der Waals surface area contributed by atoms with Gasteiger partial charge in [0.05, 0.1) is 7.11 Å². The van der Waals surface area contributed by atoms with E-state index in [9.17, 15) is 9.59 Å². The van der Waals surface area contributed by atoms with Crippen molar-refractivity contribution in [3.8, 4) is 0 Å². The van der Waals surface area contributed by atoms with Gasteiger partial charge in [-0.25, -0.2) is 0 Å². The molecule has 0 unspecified atom stereocenters. The monoisotopic (exact) mass is 224 g/mol. The molecule has 0 spiro atoms. The Bertz CT molecular complexity index is 366. The fourth-order valence-corrected chi connectivity index (χ4v) is 1.18. The quantitative estimate of drug-likeness (QED) is 0.717. The number of esters is 1. The largest absolute Gasteiger partial charge is 0.480 e. The molecule has 1 aromatic heterocycles. The lowest BCUT2D eigenvalue weighted by Crippen LogP contribution is -2.35. The average molecular weight is 224 g/mol. The zero-order valence-corrected chi connectivity index (χ0v) is 8.79. The fourth-order valence-electron chi connectivity index (χ4n) is 1.18. The first kappa shape index (κ1) is 12.0. The van der Waals surface area contributed by atoms with Crippen molar-refractivity contribution in [1.82, 2.24) is 4.98 Å². The number of hydrogen-bond donors (Lipinski definition) is 1. The molecule has 16 heavy (non-hydrogen) atoms. The number of pyridine rings is 1. The Hall–Kier alpha value is -2.11. The van der Waals surface area contributed by atoms with E-state index in [-0.39, 0.29) is 13.1 Å². The van der Waals surface area contributed by atoms with E-state index >= 15 is 0 Å². The Balaban J connectivity index is 2.79. The molecule has 0 aliphatic heterocycles. The molecule has 1 rings (SSSR count). The van der Waals surface area contributed by atoms with Crippen molar-refractivity contribution >= 4 is 17.6 Å². The van der Waals surface area contributed by atoms with Crippen LogP contribution >= 0.6 is 0 Å². The van der Waals surface area contributed by atoms with E-state index in [2.05, 4.69) is 9.72 Å². The minimum Gasteiger partial charge on any atom is -0.480 e. The molecule has 1 aromatic rings. The predicted octanol–water partition coefficient (Wildman–Crippen LogP) is 0.146. The van der Waals surface area contributed by atoms with Gasteiger partial charge in [0.25, 0.3) is 0 Å². The van der Waals surface area contributed by atoms with Crippen LogP contribution in [0, 0.1) is 0 Å². The summed E-state index contributed by atoms with van der Waals surface area (Å²) >= 11 is 0. The van der Waals surface area contributed by atoms with E-state index < -0.39 is 11.9 Å². The number of carboxylic acid groups (broad SMARTS) is 1. The molecular weight excluding hydrogens is 212 g/mol. The van der Waals surface area contributed by atoms with Crippen LogP contribution in [0.3, 0.4) is 0 Å². The molecule has 0 atom stereocenters. The molecule has 0 aromatic carbocycles. The third-order valence-electron chi connectivity index (χ3n) is 1.90. The Morgan fingerprint density at radius 1 is 1.38 bits per heavy atom. The van der Waals surface area contributed by atoms with Gasteiger partial charge < -0.3 is 14.7 Å². The average Bonchev–Trinajstić information content (AvgIpc) is 2.28. The van der Waals surface area contributed by atoms with Crippen molar-refractivity contribution in [3.63, 3.8) is 0 Å². The van der Waals surface area contributed by atoms with E-state index in [0.29, 0.717) is 5.69 Å². The number of nitrogens with zero attached hydrogens (tertiary/aromatic N) is 2. The van der Waals surface area contributed by atoms with E-state index in [1.807, 2.05) is 0 Å². The lowest BCUT2D eigenvalue weighted by Gasteiger charge is -2.20. The second-order valence-electron chi connectivity index (χ2n) is 3.03. The molecule has 0 amide bonds. The number of aliphatic carboxylic acids is 1. The maximum Gasteiger partial charge on any atom is 0.325 e. The zero-order chi connectivity index (χ0) is 12.0. The summed E-state index contributed by atoms with van der Waals surface area (Å²) in [6.07, 6.45) is 3.06. The van der Waals surface area contributed by atoms with Crippen LogP contribution in [0.2, 0.25) is 0 Å². The number of aromatic nitrogens is 1. The highest BCUT2D eigenvalue weighted by atomic mass is 16.5. The third kappa shape index (κ3) is 3.56. The molecule has 0 saturated heterocycles. The van der Waals surface area contributed by atoms with E-state index in [1.165, 1.54) is 24.4 Å². The number of methoxy groups -OCH3 is 1. The second kappa shape index (κ2) is 5.69. The number of carbonyl (C=O) groups is 2. The first-order chi connectivity index (χ1) is 7.63. The Morgan fingerprint density at radius 2 is 2.00 bits per heavy atom. The minimum absolute atomic E-state index is 0.104. The van der Waals surface area contributed by atoms with Crippen LogP contribution in [0.5, 0.6) is 0 Å². The lowest BCUT2D eigenvalue weighted by molar-refractivity contribution is -0.139. The topological polar surface area (TPSA) is 79.7 Å². The molecule has 0 bridgehead atoms. The summed E-state index contributed by atoms with van der Waals surface area (Å²) in [6.45, 7) is -0.369. The number of hydrogen-bond acceptors (Lipinski definition) is 5. The van der Waals surface area contributed by atoms with Crippen molar-refractivity contribution in [2.45, 2.75) is 0 Å².